The maximum Gasteiger partial charge on any atom is 0.342 e. The molecule has 0 fully saturated rings. The third-order valence-electron chi connectivity index (χ3n) is 3.34. The molecule has 108 valence electrons. The summed E-state index contributed by atoms with van der Waals surface area (Å²) in [6.45, 7) is 1.91. The second kappa shape index (κ2) is 6.86. The van der Waals surface area contributed by atoms with Crippen LogP contribution in [0.3, 0.4) is 0 Å². The first-order valence-corrected chi connectivity index (χ1v) is 6.70. The van der Waals surface area contributed by atoms with E-state index in [2.05, 4.69) is 0 Å². The van der Waals surface area contributed by atoms with Crippen molar-refractivity contribution in [1.29, 1.82) is 0 Å². The molecule has 0 aliphatic carbocycles. The van der Waals surface area contributed by atoms with Crippen LogP contribution in [0.2, 0.25) is 0 Å². The number of hydrogen-bond donors (Lipinski definition) is 0. The number of methoxy groups -OCH3 is 1. The molecular weight excluding hydrogens is 264 g/mol. The van der Waals surface area contributed by atoms with Crippen LogP contribution < -0.4 is 0 Å². The Hall–Kier alpha value is -2.39. The maximum atomic E-state index is 11.8. The van der Waals surface area contributed by atoms with Gasteiger partial charge in [0.2, 0.25) is 0 Å². The van der Waals surface area contributed by atoms with Gasteiger partial charge in [-0.15, -0.1) is 0 Å². The Morgan fingerprint density at radius 2 is 1.57 bits per heavy atom. The van der Waals surface area contributed by atoms with Gasteiger partial charge in [0, 0.05) is 7.11 Å². The second-order valence-corrected chi connectivity index (χ2v) is 4.75. The summed E-state index contributed by atoms with van der Waals surface area (Å²) >= 11 is 0. The summed E-state index contributed by atoms with van der Waals surface area (Å²) in [5, 5.41) is 0. The van der Waals surface area contributed by atoms with Crippen LogP contribution in [-0.2, 0) is 15.1 Å². The molecule has 0 radical (unpaired) electrons. The highest BCUT2D eigenvalue weighted by Crippen LogP contribution is 2.25. The minimum Gasteiger partial charge on any atom is -0.431 e. The van der Waals surface area contributed by atoms with Crippen molar-refractivity contribution in [3.8, 4) is 0 Å². The zero-order valence-electron chi connectivity index (χ0n) is 12.2. The average molecular weight is 282 g/mol. The molecule has 2 aromatic carbocycles. The van der Waals surface area contributed by atoms with Gasteiger partial charge in [0.25, 0.3) is 0 Å². The quantitative estimate of drug-likeness (QED) is 0.616. The molecule has 1 unspecified atom stereocenters. The topological polar surface area (TPSA) is 35.5 Å². The minimum absolute atomic E-state index is 0.390. The lowest BCUT2D eigenvalue weighted by Crippen LogP contribution is -2.21. The number of carbonyl (C=O) groups excluding carboxylic acids is 1. The van der Waals surface area contributed by atoms with Gasteiger partial charge in [-0.05, 0) is 30.7 Å². The third-order valence-corrected chi connectivity index (χ3v) is 3.34. The lowest BCUT2D eigenvalue weighted by molar-refractivity contribution is 0.0421. The molecule has 0 aliphatic heterocycles. The summed E-state index contributed by atoms with van der Waals surface area (Å²) in [5.41, 5.74) is 0.860. The second-order valence-electron chi connectivity index (χ2n) is 4.75. The Balaban J connectivity index is 2.07. The summed E-state index contributed by atoms with van der Waals surface area (Å²) < 4.78 is 10.7. The van der Waals surface area contributed by atoms with Gasteiger partial charge in [0.05, 0.1) is 11.8 Å². The van der Waals surface area contributed by atoms with Crippen molar-refractivity contribution >= 4 is 5.97 Å². The molecule has 3 heteroatoms. The molecule has 0 aromatic heterocycles. The van der Waals surface area contributed by atoms with Gasteiger partial charge in [-0.25, -0.2) is 4.79 Å². The van der Waals surface area contributed by atoms with Crippen LogP contribution in [0.15, 0.2) is 73.0 Å². The molecule has 2 rings (SSSR count). The molecule has 0 spiro atoms. The molecular formula is C18H18O3. The molecule has 0 N–H and O–H groups in total. The van der Waals surface area contributed by atoms with Gasteiger partial charge < -0.3 is 9.47 Å². The van der Waals surface area contributed by atoms with Crippen LogP contribution in [0.5, 0.6) is 0 Å². The van der Waals surface area contributed by atoms with E-state index in [-0.39, 0.29) is 0 Å². The predicted molar refractivity (Wildman–Crippen MR) is 81.8 cm³/mol. The van der Waals surface area contributed by atoms with Crippen molar-refractivity contribution < 1.29 is 14.3 Å². The highest BCUT2D eigenvalue weighted by molar-refractivity contribution is 5.89. The van der Waals surface area contributed by atoms with Crippen LogP contribution >= 0.6 is 0 Å². The highest BCUT2D eigenvalue weighted by atomic mass is 16.5. The van der Waals surface area contributed by atoms with Gasteiger partial charge in [0.15, 0.2) is 0 Å². The lowest BCUT2D eigenvalue weighted by atomic mass is 9.96. The molecule has 0 saturated heterocycles. The molecule has 3 nitrogen and oxygen atoms in total. The van der Waals surface area contributed by atoms with E-state index in [1.54, 1.807) is 37.5 Å². The highest BCUT2D eigenvalue weighted by Gasteiger charge is 2.22. The molecule has 0 saturated carbocycles. The first-order chi connectivity index (χ1) is 10.2. The van der Waals surface area contributed by atoms with E-state index >= 15 is 0 Å². The van der Waals surface area contributed by atoms with E-state index in [0.29, 0.717) is 5.56 Å². The zero-order valence-corrected chi connectivity index (χ0v) is 12.2. The molecule has 1 atom stereocenters. The van der Waals surface area contributed by atoms with Gasteiger partial charge in [-0.3, -0.25) is 0 Å². The summed E-state index contributed by atoms with van der Waals surface area (Å²) in [6.07, 6.45) is 3.11. The molecule has 0 aliphatic rings. The first-order valence-electron chi connectivity index (χ1n) is 6.70. The predicted octanol–water partition coefficient (Wildman–Crippen LogP) is 3.92. The fourth-order valence-corrected chi connectivity index (χ4v) is 1.92. The number of benzene rings is 2. The Bertz CT molecular complexity index is 605. The minimum atomic E-state index is -0.641. The molecule has 0 amide bonds. The SMILES string of the molecule is COC(C)(/C=C\OC(=O)c1ccccc1)c1ccccc1. The van der Waals surface area contributed by atoms with Crippen LogP contribution in [0.4, 0.5) is 0 Å². The van der Waals surface area contributed by atoms with Gasteiger partial charge in [-0.2, -0.15) is 0 Å². The summed E-state index contributed by atoms with van der Waals surface area (Å²) in [6, 6.07) is 18.6. The summed E-state index contributed by atoms with van der Waals surface area (Å²) in [5.74, 6) is -0.390. The van der Waals surface area contributed by atoms with E-state index in [0.717, 1.165) is 5.56 Å². The molecule has 0 bridgehead atoms. The van der Waals surface area contributed by atoms with Crippen molar-refractivity contribution in [3.05, 3.63) is 84.1 Å². The summed E-state index contributed by atoms with van der Waals surface area (Å²) in [4.78, 5) is 11.8. The summed E-state index contributed by atoms with van der Waals surface area (Å²) in [7, 11) is 1.62. The number of hydrogen-bond acceptors (Lipinski definition) is 3. The molecule has 2 aromatic rings. The van der Waals surface area contributed by atoms with E-state index < -0.39 is 11.6 Å². The van der Waals surface area contributed by atoms with Gasteiger partial charge >= 0.3 is 5.97 Å². The maximum absolute atomic E-state index is 11.8. The Morgan fingerprint density at radius 1 is 1.00 bits per heavy atom. The Kier molecular flexibility index (Phi) is 4.90. The normalized spacial score (nSPS) is 13.8. The third kappa shape index (κ3) is 3.80. The number of rotatable bonds is 5. The average Bonchev–Trinajstić information content (AvgIpc) is 2.56. The van der Waals surface area contributed by atoms with E-state index in [1.807, 2.05) is 43.3 Å². The van der Waals surface area contributed by atoms with Crippen molar-refractivity contribution in [2.75, 3.05) is 7.11 Å². The van der Waals surface area contributed by atoms with Crippen LogP contribution in [-0.4, -0.2) is 13.1 Å². The fourth-order valence-electron chi connectivity index (χ4n) is 1.92. The van der Waals surface area contributed by atoms with Crippen molar-refractivity contribution in [1.82, 2.24) is 0 Å². The molecule has 0 heterocycles. The monoisotopic (exact) mass is 282 g/mol. The van der Waals surface area contributed by atoms with Crippen LogP contribution in [0.25, 0.3) is 0 Å². The van der Waals surface area contributed by atoms with Crippen LogP contribution in [0.1, 0.15) is 22.8 Å². The number of carbonyl (C=O) groups is 1. The standard InChI is InChI=1S/C18H18O3/c1-18(20-2,16-11-7-4-8-12-16)13-14-21-17(19)15-9-5-3-6-10-15/h3-14H,1-2H3/b14-13-. The van der Waals surface area contributed by atoms with Gasteiger partial charge in [-0.1, -0.05) is 48.5 Å². The Morgan fingerprint density at radius 3 is 2.14 bits per heavy atom. The first kappa shape index (κ1) is 15.0. The smallest absolute Gasteiger partial charge is 0.342 e. The number of ether oxygens (including phenoxy) is 2. The van der Waals surface area contributed by atoms with E-state index in [1.165, 1.54) is 6.26 Å². The van der Waals surface area contributed by atoms with E-state index in [4.69, 9.17) is 9.47 Å². The van der Waals surface area contributed by atoms with Gasteiger partial charge in [0.1, 0.15) is 5.60 Å². The molecule has 21 heavy (non-hydrogen) atoms. The van der Waals surface area contributed by atoms with Crippen LogP contribution in [0, 0.1) is 0 Å². The van der Waals surface area contributed by atoms with Crippen molar-refractivity contribution in [2.45, 2.75) is 12.5 Å². The Labute approximate surface area is 124 Å². The lowest BCUT2D eigenvalue weighted by Gasteiger charge is -2.24. The largest absolute Gasteiger partial charge is 0.431 e. The van der Waals surface area contributed by atoms with Crippen molar-refractivity contribution in [2.24, 2.45) is 0 Å². The zero-order chi connectivity index (χ0) is 15.1. The van der Waals surface area contributed by atoms with Crippen molar-refractivity contribution in [3.63, 3.8) is 0 Å². The fraction of sp³-hybridized carbons (Fsp3) is 0.167. The van der Waals surface area contributed by atoms with E-state index in [9.17, 15) is 4.79 Å². The number of esters is 1.